The van der Waals surface area contributed by atoms with Crippen LogP contribution in [0.3, 0.4) is 0 Å². The molecule has 6 heteroatoms. The van der Waals surface area contributed by atoms with Gasteiger partial charge in [0.2, 0.25) is 0 Å². The molecule has 2 rings (SSSR count). The van der Waals surface area contributed by atoms with Gasteiger partial charge in [-0.1, -0.05) is 0 Å². The number of halogens is 1. The summed E-state index contributed by atoms with van der Waals surface area (Å²) in [6.07, 6.45) is 1.83. The summed E-state index contributed by atoms with van der Waals surface area (Å²) in [6.45, 7) is 2.46. The quantitative estimate of drug-likeness (QED) is 0.896. The fourth-order valence-electron chi connectivity index (χ4n) is 1.97. The standard InChI is InChI=1S/C15H17BrN2O3/c1-4-21-13-6-5-11(8-14(13)20-3)17-15(19)12-7-10(16)9-18(12)2/h5-9H,4H2,1-3H3,(H,17,19). The molecular weight excluding hydrogens is 336 g/mol. The van der Waals surface area contributed by atoms with E-state index in [-0.39, 0.29) is 5.91 Å². The molecule has 0 saturated heterocycles. The minimum Gasteiger partial charge on any atom is -0.493 e. The monoisotopic (exact) mass is 352 g/mol. The van der Waals surface area contributed by atoms with E-state index >= 15 is 0 Å². The molecule has 5 nitrogen and oxygen atoms in total. The number of methoxy groups -OCH3 is 1. The predicted octanol–water partition coefficient (Wildman–Crippen LogP) is 3.45. The molecule has 0 saturated carbocycles. The van der Waals surface area contributed by atoms with Gasteiger partial charge in [-0.25, -0.2) is 0 Å². The molecule has 0 aliphatic rings. The highest BCUT2D eigenvalue weighted by Crippen LogP contribution is 2.30. The van der Waals surface area contributed by atoms with Crippen molar-refractivity contribution in [1.29, 1.82) is 0 Å². The van der Waals surface area contributed by atoms with Crippen molar-refractivity contribution in [3.8, 4) is 11.5 Å². The summed E-state index contributed by atoms with van der Waals surface area (Å²) in [5.41, 5.74) is 1.22. The normalized spacial score (nSPS) is 10.3. The Morgan fingerprint density at radius 3 is 2.67 bits per heavy atom. The first-order valence-electron chi connectivity index (χ1n) is 6.49. The van der Waals surface area contributed by atoms with Crippen molar-refractivity contribution in [2.24, 2.45) is 7.05 Å². The number of hydrogen-bond acceptors (Lipinski definition) is 3. The highest BCUT2D eigenvalue weighted by Gasteiger charge is 2.13. The summed E-state index contributed by atoms with van der Waals surface area (Å²) in [5, 5.41) is 2.84. The van der Waals surface area contributed by atoms with Crippen LogP contribution < -0.4 is 14.8 Å². The van der Waals surface area contributed by atoms with Gasteiger partial charge in [0.25, 0.3) is 5.91 Å². The second-order valence-electron chi connectivity index (χ2n) is 4.41. The first-order chi connectivity index (χ1) is 10.0. The molecule has 0 radical (unpaired) electrons. The van der Waals surface area contributed by atoms with Crippen molar-refractivity contribution in [1.82, 2.24) is 4.57 Å². The van der Waals surface area contributed by atoms with Gasteiger partial charge in [0.1, 0.15) is 5.69 Å². The summed E-state index contributed by atoms with van der Waals surface area (Å²) in [5.74, 6) is 1.05. The summed E-state index contributed by atoms with van der Waals surface area (Å²) in [4.78, 5) is 12.2. The number of nitrogens with zero attached hydrogens (tertiary/aromatic N) is 1. The molecule has 21 heavy (non-hydrogen) atoms. The predicted molar refractivity (Wildman–Crippen MR) is 85.2 cm³/mol. The largest absolute Gasteiger partial charge is 0.493 e. The Morgan fingerprint density at radius 2 is 2.10 bits per heavy atom. The average Bonchev–Trinajstić information content (AvgIpc) is 2.79. The third-order valence-electron chi connectivity index (χ3n) is 2.93. The Balaban J connectivity index is 2.19. The molecule has 0 atom stereocenters. The number of aromatic nitrogens is 1. The number of rotatable bonds is 5. The zero-order chi connectivity index (χ0) is 15.4. The molecular formula is C15H17BrN2O3. The van der Waals surface area contributed by atoms with Gasteiger partial charge in [-0.15, -0.1) is 0 Å². The van der Waals surface area contributed by atoms with Gasteiger partial charge >= 0.3 is 0 Å². The Morgan fingerprint density at radius 1 is 1.33 bits per heavy atom. The van der Waals surface area contributed by atoms with Crippen LogP contribution in [0, 0.1) is 0 Å². The fourth-order valence-corrected chi connectivity index (χ4v) is 2.49. The summed E-state index contributed by atoms with van der Waals surface area (Å²) in [6, 6.07) is 7.06. The van der Waals surface area contributed by atoms with Crippen LogP contribution >= 0.6 is 15.9 Å². The smallest absolute Gasteiger partial charge is 0.272 e. The molecule has 1 amide bonds. The maximum Gasteiger partial charge on any atom is 0.272 e. The van der Waals surface area contributed by atoms with Gasteiger partial charge in [0.05, 0.1) is 13.7 Å². The molecule has 1 aromatic heterocycles. The summed E-state index contributed by atoms with van der Waals surface area (Å²) < 4.78 is 13.3. The van der Waals surface area contributed by atoms with Crippen LogP contribution in [0.1, 0.15) is 17.4 Å². The molecule has 0 aliphatic carbocycles. The number of hydrogen-bond donors (Lipinski definition) is 1. The second kappa shape index (κ2) is 6.67. The number of nitrogens with one attached hydrogen (secondary N) is 1. The fraction of sp³-hybridized carbons (Fsp3) is 0.267. The van der Waals surface area contributed by atoms with Crippen molar-refractivity contribution in [2.75, 3.05) is 19.0 Å². The minimum atomic E-state index is -0.186. The van der Waals surface area contributed by atoms with E-state index < -0.39 is 0 Å². The number of carbonyl (C=O) groups is 1. The highest BCUT2D eigenvalue weighted by atomic mass is 79.9. The molecule has 112 valence electrons. The van der Waals surface area contributed by atoms with Gasteiger partial charge in [0.15, 0.2) is 11.5 Å². The van der Waals surface area contributed by atoms with E-state index in [1.165, 1.54) is 0 Å². The van der Waals surface area contributed by atoms with E-state index in [1.54, 1.807) is 35.9 Å². The van der Waals surface area contributed by atoms with Crippen LogP contribution in [-0.4, -0.2) is 24.2 Å². The lowest BCUT2D eigenvalue weighted by Crippen LogP contribution is -2.15. The molecule has 1 N–H and O–H groups in total. The van der Waals surface area contributed by atoms with Crippen molar-refractivity contribution in [2.45, 2.75) is 6.92 Å². The maximum atomic E-state index is 12.2. The number of anilines is 1. The molecule has 0 bridgehead atoms. The SMILES string of the molecule is CCOc1ccc(NC(=O)c2cc(Br)cn2C)cc1OC. The molecule has 1 aromatic carbocycles. The molecule has 1 heterocycles. The van der Waals surface area contributed by atoms with Crippen molar-refractivity contribution < 1.29 is 14.3 Å². The van der Waals surface area contributed by atoms with Gasteiger partial charge in [-0.05, 0) is 41.1 Å². The second-order valence-corrected chi connectivity index (χ2v) is 5.32. The van der Waals surface area contributed by atoms with E-state index in [4.69, 9.17) is 9.47 Å². The lowest BCUT2D eigenvalue weighted by Gasteiger charge is -2.12. The third kappa shape index (κ3) is 3.58. The van der Waals surface area contributed by atoms with E-state index in [2.05, 4.69) is 21.2 Å². The van der Waals surface area contributed by atoms with E-state index in [0.29, 0.717) is 29.5 Å². The molecule has 0 fully saturated rings. The Bertz CT molecular complexity index is 652. The van der Waals surface area contributed by atoms with Crippen LogP contribution in [0.4, 0.5) is 5.69 Å². The van der Waals surface area contributed by atoms with Crippen LogP contribution in [0.15, 0.2) is 34.9 Å². The van der Waals surface area contributed by atoms with Gasteiger partial charge in [-0.3, -0.25) is 4.79 Å². The van der Waals surface area contributed by atoms with Crippen molar-refractivity contribution >= 4 is 27.5 Å². The van der Waals surface area contributed by atoms with Gasteiger partial charge in [-0.2, -0.15) is 0 Å². The maximum absolute atomic E-state index is 12.2. The summed E-state index contributed by atoms with van der Waals surface area (Å²) >= 11 is 3.35. The molecule has 0 aliphatic heterocycles. The topological polar surface area (TPSA) is 52.5 Å². The Hall–Kier alpha value is -1.95. The van der Waals surface area contributed by atoms with E-state index in [1.807, 2.05) is 20.2 Å². The number of amides is 1. The minimum absolute atomic E-state index is 0.186. The average molecular weight is 353 g/mol. The zero-order valence-corrected chi connectivity index (χ0v) is 13.7. The van der Waals surface area contributed by atoms with Crippen molar-refractivity contribution in [3.63, 3.8) is 0 Å². The van der Waals surface area contributed by atoms with Gasteiger partial charge < -0.3 is 19.4 Å². The lowest BCUT2D eigenvalue weighted by atomic mass is 10.2. The van der Waals surface area contributed by atoms with Crippen LogP contribution in [0.5, 0.6) is 11.5 Å². The van der Waals surface area contributed by atoms with Crippen LogP contribution in [0.25, 0.3) is 0 Å². The highest BCUT2D eigenvalue weighted by molar-refractivity contribution is 9.10. The zero-order valence-electron chi connectivity index (χ0n) is 12.1. The first-order valence-corrected chi connectivity index (χ1v) is 7.28. The van der Waals surface area contributed by atoms with Crippen LogP contribution in [0.2, 0.25) is 0 Å². The number of aryl methyl sites for hydroxylation is 1. The number of benzene rings is 1. The molecule has 2 aromatic rings. The Kier molecular flexibility index (Phi) is 4.90. The number of ether oxygens (including phenoxy) is 2. The third-order valence-corrected chi connectivity index (χ3v) is 3.36. The lowest BCUT2D eigenvalue weighted by molar-refractivity contribution is 0.101. The number of carbonyl (C=O) groups excluding carboxylic acids is 1. The molecule has 0 spiro atoms. The first kappa shape index (κ1) is 15.4. The van der Waals surface area contributed by atoms with Crippen molar-refractivity contribution in [3.05, 3.63) is 40.6 Å². The van der Waals surface area contributed by atoms with Crippen LogP contribution in [-0.2, 0) is 7.05 Å². The Labute approximate surface area is 132 Å². The van der Waals surface area contributed by atoms with E-state index in [9.17, 15) is 4.79 Å². The summed E-state index contributed by atoms with van der Waals surface area (Å²) in [7, 11) is 3.39. The molecule has 0 unspecified atom stereocenters. The van der Waals surface area contributed by atoms with Gasteiger partial charge in [0, 0.05) is 29.5 Å². The van der Waals surface area contributed by atoms with E-state index in [0.717, 1.165) is 4.47 Å².